The second-order valence-electron chi connectivity index (χ2n) is 6.17. The molecule has 0 aliphatic heterocycles. The Balaban J connectivity index is 1.77. The van der Waals surface area contributed by atoms with Gasteiger partial charge in [0.1, 0.15) is 6.54 Å². The van der Waals surface area contributed by atoms with Crippen molar-refractivity contribution in [1.29, 1.82) is 0 Å². The average molecular weight is 342 g/mol. The van der Waals surface area contributed by atoms with Gasteiger partial charge in [-0.3, -0.25) is 9.59 Å². The average Bonchev–Trinajstić information content (AvgIpc) is 2.99. The number of benzene rings is 1. The number of anilines is 1. The van der Waals surface area contributed by atoms with E-state index in [0.29, 0.717) is 23.6 Å². The lowest BCUT2D eigenvalue weighted by molar-refractivity contribution is -0.138. The first-order valence-corrected chi connectivity index (χ1v) is 8.04. The topological polar surface area (TPSA) is 58.2 Å². The van der Waals surface area contributed by atoms with Gasteiger partial charge >= 0.3 is 6.18 Å². The summed E-state index contributed by atoms with van der Waals surface area (Å²) in [7, 11) is 0. The molecule has 1 aliphatic rings. The van der Waals surface area contributed by atoms with Crippen LogP contribution in [0.15, 0.2) is 24.3 Å². The first kappa shape index (κ1) is 18.3. The predicted molar refractivity (Wildman–Crippen MR) is 84.4 cm³/mol. The van der Waals surface area contributed by atoms with E-state index in [1.165, 1.54) is 12.8 Å². The summed E-state index contributed by atoms with van der Waals surface area (Å²) < 4.78 is 36.1. The van der Waals surface area contributed by atoms with Crippen LogP contribution in [-0.4, -0.2) is 24.5 Å². The summed E-state index contributed by atoms with van der Waals surface area (Å²) in [5.74, 6) is -0.260. The molecule has 1 aliphatic carbocycles. The Bertz CT molecular complexity index is 564. The number of carbonyl (C=O) groups excluding carboxylic acids is 2. The van der Waals surface area contributed by atoms with Crippen molar-refractivity contribution in [2.24, 2.45) is 5.92 Å². The van der Waals surface area contributed by atoms with Gasteiger partial charge in [0.15, 0.2) is 0 Å². The molecule has 132 valence electrons. The van der Waals surface area contributed by atoms with Gasteiger partial charge in [-0.25, -0.2) is 0 Å². The lowest BCUT2D eigenvalue weighted by Crippen LogP contribution is -2.34. The Morgan fingerprint density at radius 2 is 1.67 bits per heavy atom. The van der Waals surface area contributed by atoms with Crippen molar-refractivity contribution in [3.05, 3.63) is 29.8 Å². The molecule has 0 atom stereocenters. The summed E-state index contributed by atoms with van der Waals surface area (Å²) in [5.41, 5.74) is 1.21. The molecule has 0 radical (unpaired) electrons. The van der Waals surface area contributed by atoms with Crippen LogP contribution in [0.5, 0.6) is 0 Å². The normalized spacial score (nSPS) is 15.3. The lowest BCUT2D eigenvalue weighted by Gasteiger charge is -2.10. The molecular formula is C17H21F3N2O2. The molecule has 4 nitrogen and oxygen atoms in total. The maximum Gasteiger partial charge on any atom is 0.405 e. The van der Waals surface area contributed by atoms with Crippen molar-refractivity contribution in [3.63, 3.8) is 0 Å². The first-order valence-electron chi connectivity index (χ1n) is 8.04. The van der Waals surface area contributed by atoms with Gasteiger partial charge < -0.3 is 10.6 Å². The summed E-state index contributed by atoms with van der Waals surface area (Å²) in [6.07, 6.45) is 0.530. The number of alkyl halides is 3. The lowest BCUT2D eigenvalue weighted by atomic mass is 10.0. The fourth-order valence-corrected chi connectivity index (χ4v) is 2.84. The van der Waals surface area contributed by atoms with Crippen LogP contribution < -0.4 is 10.6 Å². The van der Waals surface area contributed by atoms with Crippen molar-refractivity contribution in [3.8, 4) is 0 Å². The Morgan fingerprint density at radius 3 is 2.25 bits per heavy atom. The van der Waals surface area contributed by atoms with E-state index in [-0.39, 0.29) is 12.3 Å². The van der Waals surface area contributed by atoms with Crippen LogP contribution in [-0.2, 0) is 16.0 Å². The molecule has 0 heterocycles. The first-order chi connectivity index (χ1) is 11.3. The second-order valence-corrected chi connectivity index (χ2v) is 6.17. The van der Waals surface area contributed by atoms with Crippen LogP contribution in [0, 0.1) is 5.92 Å². The van der Waals surface area contributed by atoms with E-state index in [2.05, 4.69) is 5.32 Å². The minimum Gasteiger partial charge on any atom is -0.347 e. The van der Waals surface area contributed by atoms with Crippen molar-refractivity contribution < 1.29 is 22.8 Å². The molecule has 7 heteroatoms. The van der Waals surface area contributed by atoms with Crippen molar-refractivity contribution >= 4 is 17.5 Å². The molecule has 2 amide bonds. The van der Waals surface area contributed by atoms with Crippen LogP contribution in [0.25, 0.3) is 0 Å². The van der Waals surface area contributed by atoms with E-state index in [1.807, 2.05) is 5.32 Å². The highest BCUT2D eigenvalue weighted by Gasteiger charge is 2.27. The molecule has 0 aromatic heterocycles. The van der Waals surface area contributed by atoms with Gasteiger partial charge in [0.05, 0.1) is 6.42 Å². The summed E-state index contributed by atoms with van der Waals surface area (Å²) in [6.45, 7) is -1.33. The van der Waals surface area contributed by atoms with E-state index in [4.69, 9.17) is 0 Å². The fraction of sp³-hybridized carbons (Fsp3) is 0.529. The maximum atomic E-state index is 12.0. The van der Waals surface area contributed by atoms with Crippen LogP contribution >= 0.6 is 0 Å². The smallest absolute Gasteiger partial charge is 0.347 e. The van der Waals surface area contributed by atoms with Crippen molar-refractivity contribution in [1.82, 2.24) is 5.32 Å². The summed E-state index contributed by atoms with van der Waals surface area (Å²) in [4.78, 5) is 23.4. The molecule has 1 fully saturated rings. The summed E-state index contributed by atoms with van der Waals surface area (Å²) in [6, 6.07) is 6.55. The summed E-state index contributed by atoms with van der Waals surface area (Å²) >= 11 is 0. The Morgan fingerprint density at radius 1 is 1.04 bits per heavy atom. The monoisotopic (exact) mass is 342 g/mol. The largest absolute Gasteiger partial charge is 0.405 e. The van der Waals surface area contributed by atoms with E-state index in [9.17, 15) is 22.8 Å². The fourth-order valence-electron chi connectivity index (χ4n) is 2.84. The molecule has 2 rings (SSSR count). The van der Waals surface area contributed by atoms with Crippen molar-refractivity contribution in [2.45, 2.75) is 44.7 Å². The van der Waals surface area contributed by atoms with Crippen LogP contribution in [0.3, 0.4) is 0 Å². The van der Waals surface area contributed by atoms with Crippen molar-refractivity contribution in [2.75, 3.05) is 11.9 Å². The molecule has 0 saturated heterocycles. The van der Waals surface area contributed by atoms with Gasteiger partial charge in [-0.2, -0.15) is 13.2 Å². The Labute approximate surface area is 138 Å². The number of rotatable bonds is 6. The zero-order valence-corrected chi connectivity index (χ0v) is 13.3. The van der Waals surface area contributed by atoms with Gasteiger partial charge in [-0.1, -0.05) is 25.0 Å². The number of amides is 2. The Hall–Kier alpha value is -2.05. The predicted octanol–water partition coefficient (Wildman–Crippen LogP) is 3.43. The van der Waals surface area contributed by atoms with E-state index < -0.39 is 18.6 Å². The zero-order chi connectivity index (χ0) is 17.6. The maximum absolute atomic E-state index is 12.0. The highest BCUT2D eigenvalue weighted by Crippen LogP contribution is 2.27. The highest BCUT2D eigenvalue weighted by molar-refractivity contribution is 5.91. The molecule has 24 heavy (non-hydrogen) atoms. The molecule has 1 saturated carbocycles. The molecule has 0 bridgehead atoms. The number of carbonyl (C=O) groups is 2. The van der Waals surface area contributed by atoms with Crippen LogP contribution in [0.1, 0.15) is 37.7 Å². The van der Waals surface area contributed by atoms with Gasteiger partial charge in [0.2, 0.25) is 11.8 Å². The minimum atomic E-state index is -4.41. The zero-order valence-electron chi connectivity index (χ0n) is 13.3. The molecule has 1 aromatic carbocycles. The van der Waals surface area contributed by atoms with Crippen LogP contribution in [0.4, 0.5) is 18.9 Å². The highest BCUT2D eigenvalue weighted by atomic mass is 19.4. The molecule has 0 spiro atoms. The molecule has 1 aromatic rings. The SMILES string of the molecule is O=C(Cc1ccc(NC(=O)CC2CCCC2)cc1)NCC(F)(F)F. The van der Waals surface area contributed by atoms with Gasteiger partial charge in [0, 0.05) is 12.1 Å². The quantitative estimate of drug-likeness (QED) is 0.832. The number of hydrogen-bond acceptors (Lipinski definition) is 2. The van der Waals surface area contributed by atoms with Gasteiger partial charge in [-0.05, 0) is 36.5 Å². The second kappa shape index (κ2) is 8.17. The summed E-state index contributed by atoms with van der Waals surface area (Å²) in [5, 5.41) is 4.63. The van der Waals surface area contributed by atoms with E-state index in [1.54, 1.807) is 24.3 Å². The third-order valence-electron chi connectivity index (χ3n) is 4.04. The third kappa shape index (κ3) is 6.60. The molecule has 0 unspecified atom stereocenters. The number of halogens is 3. The molecule has 2 N–H and O–H groups in total. The minimum absolute atomic E-state index is 0.0300. The van der Waals surface area contributed by atoms with Gasteiger partial charge in [0.25, 0.3) is 0 Å². The van der Waals surface area contributed by atoms with Crippen LogP contribution in [0.2, 0.25) is 0 Å². The Kier molecular flexibility index (Phi) is 6.23. The number of hydrogen-bond donors (Lipinski definition) is 2. The van der Waals surface area contributed by atoms with E-state index in [0.717, 1.165) is 12.8 Å². The number of nitrogens with one attached hydrogen (secondary N) is 2. The van der Waals surface area contributed by atoms with E-state index >= 15 is 0 Å². The molecular weight excluding hydrogens is 321 g/mol. The third-order valence-corrected chi connectivity index (χ3v) is 4.04. The van der Waals surface area contributed by atoms with Gasteiger partial charge in [-0.15, -0.1) is 0 Å². The standard InChI is InChI=1S/C17H21F3N2O2/c18-17(19,20)11-21-15(23)9-13-5-7-14(8-6-13)22-16(24)10-12-3-1-2-4-12/h5-8,12H,1-4,9-11H2,(H,21,23)(H,22,24).